The number of ether oxygens (including phenoxy) is 1. The van der Waals surface area contributed by atoms with Crippen LogP contribution in [0.2, 0.25) is 0 Å². The van der Waals surface area contributed by atoms with Gasteiger partial charge in [0.1, 0.15) is 13.2 Å². The minimum atomic E-state index is -3.84. The van der Waals surface area contributed by atoms with Gasteiger partial charge in [-0.2, -0.15) is 8.42 Å². The summed E-state index contributed by atoms with van der Waals surface area (Å²) < 4.78 is 33.8. The number of esters is 1. The minimum Gasteiger partial charge on any atom is -0.460 e. The lowest BCUT2D eigenvalue weighted by Crippen LogP contribution is -2.14. The third-order valence-corrected chi connectivity index (χ3v) is 4.89. The summed E-state index contributed by atoms with van der Waals surface area (Å²) in [7, 11) is -3.84. The Kier molecular flexibility index (Phi) is 7.62. The van der Waals surface area contributed by atoms with Gasteiger partial charge in [-0.1, -0.05) is 31.5 Å². The summed E-state index contributed by atoms with van der Waals surface area (Å²) >= 11 is 0. The maximum Gasteiger partial charge on any atom is 0.338 e. The zero-order valence-electron chi connectivity index (χ0n) is 14.7. The lowest BCUT2D eigenvalue weighted by atomic mass is 10.2. The lowest BCUT2D eigenvalue weighted by Gasteiger charge is -2.08. The van der Waals surface area contributed by atoms with Gasteiger partial charge in [-0.05, 0) is 42.8 Å². The van der Waals surface area contributed by atoms with Crippen molar-refractivity contribution in [1.82, 2.24) is 0 Å². The first kappa shape index (κ1) is 19.9. The summed E-state index contributed by atoms with van der Waals surface area (Å²) in [6.45, 7) is 2.62. The number of carbonyl (C=O) groups is 1. The van der Waals surface area contributed by atoms with Crippen LogP contribution < -0.4 is 5.32 Å². The van der Waals surface area contributed by atoms with Crippen LogP contribution in [0, 0.1) is 0 Å². The molecular formula is C19H23NO5S. The summed E-state index contributed by atoms with van der Waals surface area (Å²) in [5, 5.41) is 3.26. The van der Waals surface area contributed by atoms with Crippen molar-refractivity contribution in [1.29, 1.82) is 0 Å². The first-order valence-electron chi connectivity index (χ1n) is 8.48. The van der Waals surface area contributed by atoms with E-state index in [-0.39, 0.29) is 18.1 Å². The SMILES string of the molecule is CCCCNc1ccc(C(=O)OCCOS(=O)(=O)c2ccccc2)cc1. The average molecular weight is 377 g/mol. The van der Waals surface area contributed by atoms with Gasteiger partial charge >= 0.3 is 5.97 Å². The highest BCUT2D eigenvalue weighted by atomic mass is 32.2. The van der Waals surface area contributed by atoms with Crippen LogP contribution in [0.15, 0.2) is 59.5 Å². The molecule has 0 amide bonds. The number of benzene rings is 2. The maximum atomic E-state index is 12.0. The molecule has 0 heterocycles. The van der Waals surface area contributed by atoms with Gasteiger partial charge in [-0.3, -0.25) is 4.18 Å². The minimum absolute atomic E-state index is 0.0671. The van der Waals surface area contributed by atoms with E-state index in [0.29, 0.717) is 5.56 Å². The Hall–Kier alpha value is -2.38. The smallest absolute Gasteiger partial charge is 0.338 e. The van der Waals surface area contributed by atoms with Gasteiger partial charge in [0.25, 0.3) is 10.1 Å². The first-order valence-corrected chi connectivity index (χ1v) is 9.89. The number of hydrogen-bond donors (Lipinski definition) is 1. The number of unbranched alkanes of at least 4 members (excludes halogenated alkanes) is 1. The highest BCUT2D eigenvalue weighted by Gasteiger charge is 2.15. The summed E-state index contributed by atoms with van der Waals surface area (Å²) in [5.41, 5.74) is 1.34. The van der Waals surface area contributed by atoms with Gasteiger partial charge < -0.3 is 10.1 Å². The van der Waals surface area contributed by atoms with Gasteiger partial charge in [-0.15, -0.1) is 0 Å². The fraction of sp³-hybridized carbons (Fsp3) is 0.316. The predicted molar refractivity (Wildman–Crippen MR) is 99.7 cm³/mol. The van der Waals surface area contributed by atoms with Crippen molar-refractivity contribution >= 4 is 21.8 Å². The van der Waals surface area contributed by atoms with E-state index in [4.69, 9.17) is 8.92 Å². The van der Waals surface area contributed by atoms with Gasteiger partial charge in [0.2, 0.25) is 0 Å². The summed E-state index contributed by atoms with van der Waals surface area (Å²) in [6, 6.07) is 14.8. The van der Waals surface area contributed by atoms with E-state index in [1.54, 1.807) is 30.3 Å². The highest BCUT2D eigenvalue weighted by molar-refractivity contribution is 7.86. The largest absolute Gasteiger partial charge is 0.460 e. The molecule has 0 radical (unpaired) electrons. The van der Waals surface area contributed by atoms with Crippen molar-refractivity contribution in [2.24, 2.45) is 0 Å². The molecule has 6 nitrogen and oxygen atoms in total. The van der Waals surface area contributed by atoms with Crippen molar-refractivity contribution in [2.75, 3.05) is 25.1 Å². The van der Waals surface area contributed by atoms with Gasteiger partial charge in [0.15, 0.2) is 0 Å². The monoisotopic (exact) mass is 377 g/mol. The number of hydrogen-bond acceptors (Lipinski definition) is 6. The van der Waals surface area contributed by atoms with E-state index >= 15 is 0 Å². The van der Waals surface area contributed by atoms with Crippen molar-refractivity contribution < 1.29 is 22.1 Å². The van der Waals surface area contributed by atoms with Crippen LogP contribution in [0.1, 0.15) is 30.1 Å². The van der Waals surface area contributed by atoms with Crippen LogP contribution in [0.3, 0.4) is 0 Å². The molecule has 0 aromatic heterocycles. The molecule has 26 heavy (non-hydrogen) atoms. The number of rotatable bonds is 10. The molecule has 0 unspecified atom stereocenters. The zero-order chi connectivity index (χ0) is 18.8. The van der Waals surface area contributed by atoms with Crippen molar-refractivity contribution in [2.45, 2.75) is 24.7 Å². The number of carbonyl (C=O) groups excluding carboxylic acids is 1. The Balaban J connectivity index is 1.76. The molecule has 0 fully saturated rings. The molecule has 140 valence electrons. The molecule has 0 saturated heterocycles. The molecule has 0 spiro atoms. The summed E-state index contributed by atoms with van der Waals surface area (Å²) in [5.74, 6) is -0.522. The fourth-order valence-corrected chi connectivity index (χ4v) is 3.06. The van der Waals surface area contributed by atoms with Gasteiger partial charge in [0, 0.05) is 12.2 Å². The second-order valence-electron chi connectivity index (χ2n) is 5.58. The third-order valence-electron chi connectivity index (χ3n) is 3.57. The molecule has 0 aliphatic carbocycles. The zero-order valence-corrected chi connectivity index (χ0v) is 15.5. The fourth-order valence-electron chi connectivity index (χ4n) is 2.15. The average Bonchev–Trinajstić information content (AvgIpc) is 2.66. The molecule has 1 N–H and O–H groups in total. The van der Waals surface area contributed by atoms with Gasteiger partial charge in [-0.25, -0.2) is 4.79 Å². The molecule has 2 rings (SSSR count). The second kappa shape index (κ2) is 9.94. The maximum absolute atomic E-state index is 12.0. The Morgan fingerprint density at radius 1 is 1.00 bits per heavy atom. The van der Waals surface area contributed by atoms with Crippen LogP contribution in [-0.4, -0.2) is 34.1 Å². The Bertz CT molecular complexity index is 788. The summed E-state index contributed by atoms with van der Waals surface area (Å²) in [6.07, 6.45) is 2.19. The number of nitrogens with one attached hydrogen (secondary N) is 1. The topological polar surface area (TPSA) is 81.7 Å². The quantitative estimate of drug-likeness (QED) is 0.388. The van der Waals surface area contributed by atoms with E-state index in [1.165, 1.54) is 12.1 Å². The van der Waals surface area contributed by atoms with Gasteiger partial charge in [0.05, 0.1) is 10.5 Å². The van der Waals surface area contributed by atoms with E-state index < -0.39 is 16.1 Å². The second-order valence-corrected chi connectivity index (χ2v) is 7.20. The normalized spacial score (nSPS) is 11.1. The molecule has 0 aliphatic rings. The molecule has 0 saturated carbocycles. The molecule has 2 aromatic rings. The Morgan fingerprint density at radius 3 is 2.35 bits per heavy atom. The van der Waals surface area contributed by atoms with Crippen LogP contribution in [0.25, 0.3) is 0 Å². The third kappa shape index (κ3) is 6.16. The van der Waals surface area contributed by atoms with E-state index in [1.807, 2.05) is 12.1 Å². The van der Waals surface area contributed by atoms with Crippen molar-refractivity contribution in [3.8, 4) is 0 Å². The van der Waals surface area contributed by atoms with Crippen LogP contribution >= 0.6 is 0 Å². The van der Waals surface area contributed by atoms with Crippen LogP contribution in [0.4, 0.5) is 5.69 Å². The predicted octanol–water partition coefficient (Wildman–Crippen LogP) is 3.46. The van der Waals surface area contributed by atoms with Crippen molar-refractivity contribution in [3.05, 3.63) is 60.2 Å². The molecule has 0 aliphatic heterocycles. The molecule has 2 aromatic carbocycles. The van der Waals surface area contributed by atoms with E-state index in [2.05, 4.69) is 12.2 Å². The first-order chi connectivity index (χ1) is 12.5. The summed E-state index contributed by atoms with van der Waals surface area (Å²) in [4.78, 5) is 12.0. The van der Waals surface area contributed by atoms with Crippen LogP contribution in [-0.2, 0) is 19.0 Å². The van der Waals surface area contributed by atoms with E-state index in [9.17, 15) is 13.2 Å². The number of anilines is 1. The standard InChI is InChI=1S/C19H23NO5S/c1-2-3-13-20-17-11-9-16(10-12-17)19(21)24-14-15-25-26(22,23)18-7-5-4-6-8-18/h4-12,20H,2-3,13-15H2,1H3. The molecule has 0 bridgehead atoms. The molecule has 7 heteroatoms. The molecular weight excluding hydrogens is 354 g/mol. The van der Waals surface area contributed by atoms with Crippen molar-refractivity contribution in [3.63, 3.8) is 0 Å². The lowest BCUT2D eigenvalue weighted by molar-refractivity contribution is 0.0453. The molecule has 0 atom stereocenters. The van der Waals surface area contributed by atoms with E-state index in [0.717, 1.165) is 25.1 Å². The van der Waals surface area contributed by atoms with Crippen LogP contribution in [0.5, 0.6) is 0 Å². The highest BCUT2D eigenvalue weighted by Crippen LogP contribution is 2.12. The Morgan fingerprint density at radius 2 is 1.69 bits per heavy atom. The Labute approximate surface area is 154 Å².